The van der Waals surface area contributed by atoms with E-state index in [9.17, 15) is 4.79 Å². The second kappa shape index (κ2) is 5.91. The van der Waals surface area contributed by atoms with Gasteiger partial charge in [-0.2, -0.15) is 0 Å². The van der Waals surface area contributed by atoms with Crippen LogP contribution in [-0.2, 0) is 0 Å². The largest absolute Gasteiger partial charge is 0.476 e. The van der Waals surface area contributed by atoms with Crippen LogP contribution < -0.4 is 4.90 Å². The van der Waals surface area contributed by atoms with Crippen LogP contribution in [0.15, 0.2) is 42.7 Å². The minimum absolute atomic E-state index is 0.0182. The first-order valence-electron chi connectivity index (χ1n) is 7.09. The smallest absolute Gasteiger partial charge is 0.356 e. The molecule has 1 aliphatic rings. The summed E-state index contributed by atoms with van der Waals surface area (Å²) in [6.45, 7) is 1.83. The summed E-state index contributed by atoms with van der Waals surface area (Å²) in [5.41, 5.74) is 1.33. The fraction of sp³-hybridized carbons (Fsp3) is 0.312. The Balaban J connectivity index is 1.75. The van der Waals surface area contributed by atoms with Gasteiger partial charge in [0.25, 0.3) is 0 Å². The van der Waals surface area contributed by atoms with Gasteiger partial charge in [0, 0.05) is 19.0 Å². The molecule has 0 bridgehead atoms. The summed E-state index contributed by atoms with van der Waals surface area (Å²) in [6.07, 6.45) is 5.14. The highest BCUT2D eigenvalue weighted by atomic mass is 16.4. The Labute approximate surface area is 123 Å². The summed E-state index contributed by atoms with van der Waals surface area (Å²) in [4.78, 5) is 21.2. The van der Waals surface area contributed by atoms with Gasteiger partial charge in [0.15, 0.2) is 5.69 Å². The van der Waals surface area contributed by atoms with Gasteiger partial charge in [0.1, 0.15) is 5.82 Å². The molecule has 5 nitrogen and oxygen atoms in total. The van der Waals surface area contributed by atoms with E-state index in [1.54, 1.807) is 6.20 Å². The average Bonchev–Trinajstić information content (AvgIpc) is 2.56. The second-order valence-corrected chi connectivity index (χ2v) is 5.26. The van der Waals surface area contributed by atoms with Crippen LogP contribution >= 0.6 is 0 Å². The van der Waals surface area contributed by atoms with Gasteiger partial charge in [-0.25, -0.2) is 14.8 Å². The molecule has 0 amide bonds. The first kappa shape index (κ1) is 13.5. The molecule has 1 aliphatic heterocycles. The van der Waals surface area contributed by atoms with Crippen molar-refractivity contribution < 1.29 is 9.90 Å². The monoisotopic (exact) mass is 283 g/mol. The van der Waals surface area contributed by atoms with Crippen molar-refractivity contribution in [2.45, 2.75) is 18.8 Å². The minimum Gasteiger partial charge on any atom is -0.476 e. The number of carboxylic acids is 1. The van der Waals surface area contributed by atoms with Crippen LogP contribution in [0.25, 0.3) is 0 Å². The van der Waals surface area contributed by atoms with E-state index in [-0.39, 0.29) is 5.69 Å². The van der Waals surface area contributed by atoms with Gasteiger partial charge in [-0.15, -0.1) is 0 Å². The molecule has 3 rings (SSSR count). The van der Waals surface area contributed by atoms with Crippen LogP contribution in [0.5, 0.6) is 0 Å². The van der Waals surface area contributed by atoms with E-state index in [1.807, 2.05) is 6.07 Å². The lowest BCUT2D eigenvalue weighted by Crippen LogP contribution is -2.35. The molecule has 1 atom stereocenters. The Bertz CT molecular complexity index is 613. The first-order valence-corrected chi connectivity index (χ1v) is 7.09. The van der Waals surface area contributed by atoms with E-state index in [1.165, 1.54) is 18.2 Å². The zero-order valence-electron chi connectivity index (χ0n) is 11.6. The van der Waals surface area contributed by atoms with E-state index in [0.717, 1.165) is 25.3 Å². The fourth-order valence-electron chi connectivity index (χ4n) is 2.78. The number of aromatic carboxylic acids is 1. The van der Waals surface area contributed by atoms with Gasteiger partial charge in [0.05, 0.1) is 12.4 Å². The summed E-state index contributed by atoms with van der Waals surface area (Å²) in [7, 11) is 0. The molecule has 1 saturated heterocycles. The summed E-state index contributed by atoms with van der Waals surface area (Å²) in [5, 5.41) is 8.86. The lowest BCUT2D eigenvalue weighted by Gasteiger charge is -2.33. The Morgan fingerprint density at radius 1 is 1.19 bits per heavy atom. The molecule has 1 aromatic carbocycles. The van der Waals surface area contributed by atoms with Crippen molar-refractivity contribution in [1.29, 1.82) is 0 Å². The number of nitrogens with zero attached hydrogens (tertiary/aromatic N) is 3. The highest BCUT2D eigenvalue weighted by Gasteiger charge is 2.22. The van der Waals surface area contributed by atoms with Crippen molar-refractivity contribution in [3.05, 3.63) is 54.0 Å². The highest BCUT2D eigenvalue weighted by molar-refractivity contribution is 5.84. The number of hydrogen-bond acceptors (Lipinski definition) is 4. The molecule has 0 unspecified atom stereocenters. The molecule has 108 valence electrons. The van der Waals surface area contributed by atoms with E-state index in [0.29, 0.717) is 5.92 Å². The predicted octanol–water partition coefficient (Wildman–Crippen LogP) is 2.56. The number of benzene rings is 1. The molecule has 2 heterocycles. The Morgan fingerprint density at radius 2 is 2.00 bits per heavy atom. The number of rotatable bonds is 3. The van der Waals surface area contributed by atoms with Crippen molar-refractivity contribution in [3.63, 3.8) is 0 Å². The van der Waals surface area contributed by atoms with Crippen LogP contribution in [0.1, 0.15) is 34.8 Å². The van der Waals surface area contributed by atoms with Gasteiger partial charge in [-0.1, -0.05) is 30.3 Å². The van der Waals surface area contributed by atoms with Crippen molar-refractivity contribution in [1.82, 2.24) is 9.97 Å². The van der Waals surface area contributed by atoms with Crippen LogP contribution in [-0.4, -0.2) is 34.1 Å². The molecule has 0 saturated carbocycles. The van der Waals surface area contributed by atoms with Gasteiger partial charge in [-0.05, 0) is 18.4 Å². The first-order chi connectivity index (χ1) is 10.2. The zero-order valence-corrected chi connectivity index (χ0v) is 11.6. The molecule has 2 aromatic rings. The predicted molar refractivity (Wildman–Crippen MR) is 79.6 cm³/mol. The lowest BCUT2D eigenvalue weighted by molar-refractivity contribution is 0.0690. The van der Waals surface area contributed by atoms with Crippen molar-refractivity contribution in [3.8, 4) is 0 Å². The van der Waals surface area contributed by atoms with Gasteiger partial charge in [-0.3, -0.25) is 0 Å². The molecule has 0 spiro atoms. The average molecular weight is 283 g/mol. The number of carbonyl (C=O) groups is 1. The van der Waals surface area contributed by atoms with Crippen LogP contribution in [0.2, 0.25) is 0 Å². The van der Waals surface area contributed by atoms with E-state index < -0.39 is 5.97 Å². The van der Waals surface area contributed by atoms with Gasteiger partial charge in [0.2, 0.25) is 0 Å². The quantitative estimate of drug-likeness (QED) is 0.937. The zero-order chi connectivity index (χ0) is 14.7. The summed E-state index contributed by atoms with van der Waals surface area (Å²) in [5.74, 6) is 0.191. The third-order valence-electron chi connectivity index (χ3n) is 3.87. The van der Waals surface area contributed by atoms with E-state index >= 15 is 0 Å². The molecule has 5 heteroatoms. The Kier molecular flexibility index (Phi) is 3.81. The van der Waals surface area contributed by atoms with Crippen molar-refractivity contribution >= 4 is 11.8 Å². The number of hydrogen-bond donors (Lipinski definition) is 1. The number of carboxylic acid groups (broad SMARTS) is 1. The van der Waals surface area contributed by atoms with Gasteiger partial charge < -0.3 is 10.0 Å². The molecule has 0 radical (unpaired) electrons. The van der Waals surface area contributed by atoms with E-state index in [4.69, 9.17) is 5.11 Å². The topological polar surface area (TPSA) is 66.3 Å². The van der Waals surface area contributed by atoms with Crippen molar-refractivity contribution in [2.75, 3.05) is 18.0 Å². The molecule has 21 heavy (non-hydrogen) atoms. The SMILES string of the molecule is O=C(O)c1cnc(N2CCC[C@@H](c3ccccc3)C2)cn1. The maximum atomic E-state index is 10.8. The number of aromatic nitrogens is 2. The lowest BCUT2D eigenvalue weighted by atomic mass is 9.91. The molecular formula is C16H17N3O2. The molecule has 1 aromatic heterocycles. The molecule has 1 N–H and O–H groups in total. The Hall–Kier alpha value is -2.43. The maximum absolute atomic E-state index is 10.8. The summed E-state index contributed by atoms with van der Waals surface area (Å²) < 4.78 is 0. The number of piperidine rings is 1. The third kappa shape index (κ3) is 3.02. The third-order valence-corrected chi connectivity index (χ3v) is 3.87. The van der Waals surface area contributed by atoms with Crippen LogP contribution in [0.3, 0.4) is 0 Å². The minimum atomic E-state index is -1.05. The maximum Gasteiger partial charge on any atom is 0.356 e. The summed E-state index contributed by atoms with van der Waals surface area (Å²) >= 11 is 0. The standard InChI is InChI=1S/C16H17N3O2/c20-16(21)14-9-18-15(10-17-14)19-8-4-7-13(11-19)12-5-2-1-3-6-12/h1-3,5-6,9-10,13H,4,7-8,11H2,(H,20,21)/t13-/m1/s1. The Morgan fingerprint density at radius 3 is 2.67 bits per heavy atom. The summed E-state index contributed by atoms with van der Waals surface area (Å²) in [6, 6.07) is 10.5. The normalized spacial score (nSPS) is 18.5. The fourth-order valence-corrected chi connectivity index (χ4v) is 2.78. The van der Waals surface area contributed by atoms with Crippen LogP contribution in [0.4, 0.5) is 5.82 Å². The van der Waals surface area contributed by atoms with Gasteiger partial charge >= 0.3 is 5.97 Å². The van der Waals surface area contributed by atoms with Crippen LogP contribution in [0, 0.1) is 0 Å². The molecule has 1 fully saturated rings. The number of anilines is 1. The molecular weight excluding hydrogens is 266 g/mol. The van der Waals surface area contributed by atoms with Crippen molar-refractivity contribution in [2.24, 2.45) is 0 Å². The van der Waals surface area contributed by atoms with E-state index in [2.05, 4.69) is 39.1 Å². The highest BCUT2D eigenvalue weighted by Crippen LogP contribution is 2.28. The molecule has 0 aliphatic carbocycles. The second-order valence-electron chi connectivity index (χ2n) is 5.26.